The van der Waals surface area contributed by atoms with Crippen LogP contribution in [0.3, 0.4) is 0 Å². The number of aromatic nitrogens is 2. The van der Waals surface area contributed by atoms with Gasteiger partial charge in [-0.05, 0) is 20.8 Å². The summed E-state index contributed by atoms with van der Waals surface area (Å²) in [5, 5.41) is 12.4. The van der Waals surface area contributed by atoms with Gasteiger partial charge in [-0.2, -0.15) is 0 Å². The van der Waals surface area contributed by atoms with Crippen molar-refractivity contribution in [2.24, 2.45) is 0 Å². The Labute approximate surface area is 100 Å². The highest BCUT2D eigenvalue weighted by molar-refractivity contribution is 7.90. The fourth-order valence-electron chi connectivity index (χ4n) is 0.983. The molecule has 5 nitrogen and oxygen atoms in total. The van der Waals surface area contributed by atoms with E-state index in [1.807, 2.05) is 0 Å². The second kappa shape index (κ2) is 4.77. The summed E-state index contributed by atoms with van der Waals surface area (Å²) in [6, 6.07) is 0. The number of hydrogen-bond acceptors (Lipinski definition) is 6. The maximum Gasteiger partial charge on any atom is 0.154 e. The topological polar surface area (TPSA) is 72.0 Å². The van der Waals surface area contributed by atoms with E-state index in [-0.39, 0.29) is 11.3 Å². The molecule has 16 heavy (non-hydrogen) atoms. The van der Waals surface area contributed by atoms with Crippen LogP contribution in [-0.2, 0) is 22.1 Å². The monoisotopic (exact) mass is 263 g/mol. The minimum Gasteiger partial charge on any atom is -0.306 e. The predicted octanol–water partition coefficient (Wildman–Crippen LogP) is 0.971. The summed E-state index contributed by atoms with van der Waals surface area (Å²) in [5.41, 5.74) is 0.0165. The summed E-state index contributed by atoms with van der Waals surface area (Å²) < 4.78 is 22.1. The van der Waals surface area contributed by atoms with Crippen LogP contribution in [0.5, 0.6) is 0 Å². The molecular weight excluding hydrogens is 246 g/mol. The Balaban J connectivity index is 2.59. The third-order valence-electron chi connectivity index (χ3n) is 1.66. The molecule has 0 spiro atoms. The molecule has 1 aromatic rings. The van der Waals surface area contributed by atoms with Gasteiger partial charge in [0.05, 0.1) is 6.54 Å². The maximum absolute atomic E-state index is 11.1. The molecular formula is C9H17N3O2S2. The Hall–Kier alpha value is -0.530. The molecule has 0 bridgehead atoms. The van der Waals surface area contributed by atoms with E-state index >= 15 is 0 Å². The van der Waals surface area contributed by atoms with E-state index in [9.17, 15) is 8.42 Å². The molecule has 0 aliphatic heterocycles. The van der Waals surface area contributed by atoms with Gasteiger partial charge in [0, 0.05) is 11.8 Å². The Morgan fingerprint density at radius 1 is 1.25 bits per heavy atom. The van der Waals surface area contributed by atoms with Crippen molar-refractivity contribution in [3.05, 3.63) is 10.0 Å². The first-order valence-electron chi connectivity index (χ1n) is 4.90. The van der Waals surface area contributed by atoms with Crippen molar-refractivity contribution in [3.8, 4) is 0 Å². The van der Waals surface area contributed by atoms with E-state index in [0.717, 1.165) is 5.01 Å². The number of sulfone groups is 1. The second-order valence-corrected chi connectivity index (χ2v) is 8.05. The lowest BCUT2D eigenvalue weighted by Crippen LogP contribution is -2.35. The Morgan fingerprint density at radius 3 is 2.31 bits per heavy atom. The largest absolute Gasteiger partial charge is 0.306 e. The summed E-state index contributed by atoms with van der Waals surface area (Å²) in [6.07, 6.45) is 1.20. The molecule has 0 amide bonds. The number of hydrogen-bond donors (Lipinski definition) is 1. The lowest BCUT2D eigenvalue weighted by molar-refractivity contribution is 0.423. The molecule has 0 fully saturated rings. The second-order valence-electron chi connectivity index (χ2n) is 4.76. The molecule has 0 radical (unpaired) electrons. The predicted molar refractivity (Wildman–Crippen MR) is 65.0 cm³/mol. The quantitative estimate of drug-likeness (QED) is 0.876. The van der Waals surface area contributed by atoms with Gasteiger partial charge in [-0.25, -0.2) is 8.42 Å². The van der Waals surface area contributed by atoms with Crippen LogP contribution in [0.4, 0.5) is 0 Å². The van der Waals surface area contributed by atoms with Gasteiger partial charge in [-0.15, -0.1) is 10.2 Å². The van der Waals surface area contributed by atoms with Gasteiger partial charge < -0.3 is 5.32 Å². The smallest absolute Gasteiger partial charge is 0.154 e. The molecule has 0 aromatic carbocycles. The molecule has 1 rings (SSSR count). The highest BCUT2D eigenvalue weighted by Gasteiger charge is 2.13. The molecule has 0 saturated heterocycles. The van der Waals surface area contributed by atoms with Gasteiger partial charge in [0.15, 0.2) is 9.84 Å². The summed E-state index contributed by atoms with van der Waals surface area (Å²) in [7, 11) is -3.02. The molecule has 0 aliphatic rings. The first-order chi connectivity index (χ1) is 7.16. The lowest BCUT2D eigenvalue weighted by Gasteiger charge is -2.19. The van der Waals surface area contributed by atoms with Crippen molar-refractivity contribution in [3.63, 3.8) is 0 Å². The van der Waals surface area contributed by atoms with E-state index in [1.165, 1.54) is 17.6 Å². The van der Waals surface area contributed by atoms with E-state index in [0.29, 0.717) is 11.6 Å². The number of rotatable bonds is 4. The maximum atomic E-state index is 11.1. The van der Waals surface area contributed by atoms with Crippen molar-refractivity contribution >= 4 is 21.2 Å². The van der Waals surface area contributed by atoms with E-state index in [4.69, 9.17) is 0 Å². The molecule has 0 aliphatic carbocycles. The van der Waals surface area contributed by atoms with Crippen LogP contribution in [0.15, 0.2) is 0 Å². The first kappa shape index (κ1) is 13.5. The molecule has 7 heteroatoms. The van der Waals surface area contributed by atoms with Crippen molar-refractivity contribution in [1.29, 1.82) is 0 Å². The fraction of sp³-hybridized carbons (Fsp3) is 0.778. The van der Waals surface area contributed by atoms with Crippen LogP contribution in [0.2, 0.25) is 0 Å². The third-order valence-corrected chi connectivity index (χ3v) is 3.57. The fourth-order valence-corrected chi connectivity index (χ4v) is 2.95. The van der Waals surface area contributed by atoms with Gasteiger partial charge in [-0.3, -0.25) is 0 Å². The Morgan fingerprint density at radius 2 is 1.81 bits per heavy atom. The normalized spacial score (nSPS) is 13.0. The van der Waals surface area contributed by atoms with Crippen LogP contribution < -0.4 is 5.32 Å². The Bertz CT molecular complexity index is 446. The molecule has 1 heterocycles. The summed E-state index contributed by atoms with van der Waals surface area (Å²) in [5.74, 6) is -0.0276. The van der Waals surface area contributed by atoms with E-state index in [1.54, 1.807) is 0 Å². The molecule has 0 saturated carbocycles. The van der Waals surface area contributed by atoms with Gasteiger partial charge in [0.1, 0.15) is 15.8 Å². The molecule has 0 unspecified atom stereocenters. The zero-order chi connectivity index (χ0) is 12.4. The summed E-state index contributed by atoms with van der Waals surface area (Å²) >= 11 is 1.34. The third kappa shape index (κ3) is 5.53. The van der Waals surface area contributed by atoms with E-state index in [2.05, 4.69) is 36.3 Å². The Kier molecular flexibility index (Phi) is 4.03. The van der Waals surface area contributed by atoms with Crippen molar-refractivity contribution < 1.29 is 8.42 Å². The van der Waals surface area contributed by atoms with E-state index < -0.39 is 9.84 Å². The van der Waals surface area contributed by atoms with Crippen molar-refractivity contribution in [2.75, 3.05) is 6.26 Å². The highest BCUT2D eigenvalue weighted by Crippen LogP contribution is 2.13. The summed E-state index contributed by atoms with van der Waals surface area (Å²) in [6.45, 7) is 6.80. The van der Waals surface area contributed by atoms with Gasteiger partial charge in [0.25, 0.3) is 0 Å². The molecule has 92 valence electrons. The average Bonchev–Trinajstić information content (AvgIpc) is 2.44. The molecule has 1 aromatic heterocycles. The van der Waals surface area contributed by atoms with Crippen molar-refractivity contribution in [2.45, 2.75) is 38.6 Å². The van der Waals surface area contributed by atoms with Gasteiger partial charge in [0.2, 0.25) is 0 Å². The van der Waals surface area contributed by atoms with Crippen molar-refractivity contribution in [1.82, 2.24) is 15.5 Å². The zero-order valence-electron chi connectivity index (χ0n) is 9.94. The van der Waals surface area contributed by atoms with Crippen LogP contribution in [0.1, 0.15) is 30.8 Å². The zero-order valence-corrected chi connectivity index (χ0v) is 11.6. The standard InChI is InChI=1S/C9H17N3O2S2/c1-9(2,3)10-5-7-11-12-8(15-7)6-16(4,13)14/h10H,5-6H2,1-4H3. The minimum absolute atomic E-state index is 0.0165. The first-order valence-corrected chi connectivity index (χ1v) is 7.77. The number of nitrogens with zero attached hydrogens (tertiary/aromatic N) is 2. The molecule has 1 N–H and O–H groups in total. The van der Waals surface area contributed by atoms with Gasteiger partial charge >= 0.3 is 0 Å². The summed E-state index contributed by atoms with van der Waals surface area (Å²) in [4.78, 5) is 0. The molecule has 0 atom stereocenters. The van der Waals surface area contributed by atoms with Crippen LogP contribution in [-0.4, -0.2) is 30.4 Å². The minimum atomic E-state index is -3.02. The van der Waals surface area contributed by atoms with Gasteiger partial charge in [-0.1, -0.05) is 11.3 Å². The SMILES string of the molecule is CC(C)(C)NCc1nnc(CS(C)(=O)=O)s1. The van der Waals surface area contributed by atoms with Crippen LogP contribution >= 0.6 is 11.3 Å². The van der Waals surface area contributed by atoms with Crippen LogP contribution in [0.25, 0.3) is 0 Å². The lowest BCUT2D eigenvalue weighted by atomic mass is 10.1. The highest BCUT2D eigenvalue weighted by atomic mass is 32.2. The average molecular weight is 263 g/mol. The number of nitrogens with one attached hydrogen (secondary N) is 1. The van der Waals surface area contributed by atoms with Crippen LogP contribution in [0, 0.1) is 0 Å².